The molecule has 24 heavy (non-hydrogen) atoms. The van der Waals surface area contributed by atoms with Gasteiger partial charge >= 0.3 is 6.09 Å². The van der Waals surface area contributed by atoms with E-state index >= 15 is 0 Å². The highest BCUT2D eigenvalue weighted by Crippen LogP contribution is 2.24. The van der Waals surface area contributed by atoms with Crippen molar-refractivity contribution in [1.82, 2.24) is 5.32 Å². The number of imide groups is 1. The van der Waals surface area contributed by atoms with Crippen molar-refractivity contribution >= 4 is 46.0 Å². The number of benzene rings is 1. The van der Waals surface area contributed by atoms with Crippen LogP contribution in [0.25, 0.3) is 0 Å². The second-order valence-electron chi connectivity index (χ2n) is 4.52. The Morgan fingerprint density at radius 2 is 2.00 bits per heavy atom. The summed E-state index contributed by atoms with van der Waals surface area (Å²) in [6.07, 6.45) is 1.10. The van der Waals surface area contributed by atoms with Gasteiger partial charge in [-0.05, 0) is 42.8 Å². The Balaban J connectivity index is 2.11. The van der Waals surface area contributed by atoms with E-state index in [-0.39, 0.29) is 18.1 Å². The Hall–Kier alpha value is -2.32. The number of hydrogen-bond acceptors (Lipinski definition) is 6. The van der Waals surface area contributed by atoms with Crippen molar-refractivity contribution in [2.75, 3.05) is 18.2 Å². The third-order valence-electron chi connectivity index (χ3n) is 2.96. The smallest absolute Gasteiger partial charge is 0.414 e. The van der Waals surface area contributed by atoms with Crippen molar-refractivity contribution in [1.29, 1.82) is 0 Å². The maximum atomic E-state index is 12.3. The highest BCUT2D eigenvalue weighted by Gasteiger charge is 2.18. The molecule has 3 amide bonds. The number of thioether (sulfide) groups is 1. The Bertz CT molecular complexity index is 758. The van der Waals surface area contributed by atoms with Crippen LogP contribution < -0.4 is 10.6 Å². The molecular formula is C16H16N2O4S2. The third kappa shape index (κ3) is 4.59. The lowest BCUT2D eigenvalue weighted by molar-refractivity contribution is 0.0926. The first-order valence-electron chi connectivity index (χ1n) is 7.06. The van der Waals surface area contributed by atoms with Crippen molar-refractivity contribution < 1.29 is 19.1 Å². The molecule has 126 valence electrons. The predicted octanol–water partition coefficient (Wildman–Crippen LogP) is 3.61. The minimum atomic E-state index is -0.821. The lowest BCUT2D eigenvalue weighted by atomic mass is 10.2. The number of hydrogen-bond donors (Lipinski definition) is 2. The molecule has 2 rings (SSSR count). The van der Waals surface area contributed by atoms with Crippen LogP contribution in [0.3, 0.4) is 0 Å². The number of carbonyl (C=O) groups is 3. The molecule has 2 aromatic rings. The van der Waals surface area contributed by atoms with Crippen LogP contribution in [0.15, 0.2) is 40.6 Å². The Morgan fingerprint density at radius 1 is 1.21 bits per heavy atom. The van der Waals surface area contributed by atoms with Gasteiger partial charge in [0.2, 0.25) is 0 Å². The van der Waals surface area contributed by atoms with Gasteiger partial charge in [0.15, 0.2) is 0 Å². The number of anilines is 1. The normalized spacial score (nSPS) is 10.1. The highest BCUT2D eigenvalue weighted by atomic mass is 32.2. The zero-order chi connectivity index (χ0) is 17.5. The Kier molecular flexibility index (Phi) is 6.39. The molecule has 0 aliphatic carbocycles. The fourth-order valence-electron chi connectivity index (χ4n) is 1.85. The van der Waals surface area contributed by atoms with Crippen LogP contribution in [-0.2, 0) is 4.74 Å². The van der Waals surface area contributed by atoms with Gasteiger partial charge in [-0.15, -0.1) is 23.1 Å². The van der Waals surface area contributed by atoms with E-state index in [2.05, 4.69) is 15.4 Å². The summed E-state index contributed by atoms with van der Waals surface area (Å²) in [6.45, 7) is 1.81. The van der Waals surface area contributed by atoms with Crippen molar-refractivity contribution in [3.8, 4) is 0 Å². The summed E-state index contributed by atoms with van der Waals surface area (Å²) in [7, 11) is 0. The van der Waals surface area contributed by atoms with E-state index < -0.39 is 12.0 Å². The number of thiophene rings is 1. The van der Waals surface area contributed by atoms with Gasteiger partial charge in [0, 0.05) is 10.5 Å². The number of rotatable bonds is 5. The molecule has 0 bridgehead atoms. The van der Waals surface area contributed by atoms with Gasteiger partial charge < -0.3 is 10.1 Å². The molecule has 8 heteroatoms. The van der Waals surface area contributed by atoms with Crippen molar-refractivity contribution in [2.24, 2.45) is 0 Å². The maximum Gasteiger partial charge on any atom is 0.414 e. The number of alkyl carbamates (subject to hydrolysis) is 1. The molecule has 0 aliphatic heterocycles. The van der Waals surface area contributed by atoms with Crippen LogP contribution >= 0.6 is 23.1 Å². The van der Waals surface area contributed by atoms with E-state index in [9.17, 15) is 14.4 Å². The van der Waals surface area contributed by atoms with Gasteiger partial charge in [0.05, 0.1) is 12.2 Å². The van der Waals surface area contributed by atoms with Crippen molar-refractivity contribution in [2.45, 2.75) is 11.8 Å². The molecule has 0 atom stereocenters. The molecule has 0 radical (unpaired) electrons. The van der Waals surface area contributed by atoms with Crippen LogP contribution in [0.5, 0.6) is 0 Å². The van der Waals surface area contributed by atoms with Gasteiger partial charge in [-0.25, -0.2) is 4.79 Å². The molecule has 1 aromatic heterocycles. The van der Waals surface area contributed by atoms with E-state index in [0.717, 1.165) is 4.90 Å². The van der Waals surface area contributed by atoms with Gasteiger partial charge in [-0.3, -0.25) is 14.9 Å². The Morgan fingerprint density at radius 3 is 2.71 bits per heavy atom. The fraction of sp³-hybridized carbons (Fsp3) is 0.188. The first-order valence-corrected chi connectivity index (χ1v) is 9.16. The van der Waals surface area contributed by atoms with E-state index in [1.807, 2.05) is 12.3 Å². The van der Waals surface area contributed by atoms with Gasteiger partial charge in [-0.1, -0.05) is 6.07 Å². The monoisotopic (exact) mass is 364 g/mol. The predicted molar refractivity (Wildman–Crippen MR) is 95.0 cm³/mol. The summed E-state index contributed by atoms with van der Waals surface area (Å²) < 4.78 is 4.67. The zero-order valence-electron chi connectivity index (χ0n) is 13.1. The average Bonchev–Trinajstić information content (AvgIpc) is 3.03. The van der Waals surface area contributed by atoms with Crippen molar-refractivity contribution in [3.05, 3.63) is 46.8 Å². The summed E-state index contributed by atoms with van der Waals surface area (Å²) in [5.41, 5.74) is 0.703. The topological polar surface area (TPSA) is 84.5 Å². The highest BCUT2D eigenvalue weighted by molar-refractivity contribution is 7.98. The Labute approximate surface area is 147 Å². The summed E-state index contributed by atoms with van der Waals surface area (Å²) in [5.74, 6) is -0.943. The SMILES string of the molecule is CCOC(=O)NC(=O)c1ccsc1NC(=O)c1cccc(SC)c1. The van der Waals surface area contributed by atoms with E-state index in [1.54, 1.807) is 30.5 Å². The lowest BCUT2D eigenvalue weighted by Crippen LogP contribution is -2.31. The van der Waals surface area contributed by atoms with E-state index in [1.165, 1.54) is 29.2 Å². The van der Waals surface area contributed by atoms with Gasteiger partial charge in [-0.2, -0.15) is 0 Å². The van der Waals surface area contributed by atoms with Crippen LogP contribution in [0.1, 0.15) is 27.6 Å². The van der Waals surface area contributed by atoms with Crippen molar-refractivity contribution in [3.63, 3.8) is 0 Å². The summed E-state index contributed by atoms with van der Waals surface area (Å²) >= 11 is 2.74. The number of nitrogens with one attached hydrogen (secondary N) is 2. The minimum Gasteiger partial charge on any atom is -0.450 e. The largest absolute Gasteiger partial charge is 0.450 e. The lowest BCUT2D eigenvalue weighted by Gasteiger charge is -2.07. The van der Waals surface area contributed by atoms with Crippen LogP contribution in [-0.4, -0.2) is 30.8 Å². The van der Waals surface area contributed by atoms with Crippen LogP contribution in [0.4, 0.5) is 9.80 Å². The standard InChI is InChI=1S/C16H16N2O4S2/c1-3-22-16(21)18-14(20)12-7-8-24-15(12)17-13(19)10-5-4-6-11(9-10)23-2/h4-9H,3H2,1-2H3,(H,17,19)(H,18,20,21). The maximum absolute atomic E-state index is 12.3. The molecule has 0 spiro atoms. The zero-order valence-corrected chi connectivity index (χ0v) is 14.8. The number of carbonyl (C=O) groups excluding carboxylic acids is 3. The quantitative estimate of drug-likeness (QED) is 0.792. The third-order valence-corrected chi connectivity index (χ3v) is 4.52. The molecule has 2 N–H and O–H groups in total. The molecule has 1 heterocycles. The molecule has 0 aliphatic rings. The molecule has 0 saturated heterocycles. The molecule has 6 nitrogen and oxygen atoms in total. The molecule has 0 unspecified atom stereocenters. The van der Waals surface area contributed by atoms with Gasteiger partial charge in [0.1, 0.15) is 5.00 Å². The minimum absolute atomic E-state index is 0.165. The summed E-state index contributed by atoms with van der Waals surface area (Å²) in [5, 5.41) is 6.84. The summed E-state index contributed by atoms with van der Waals surface area (Å²) in [6, 6.07) is 8.70. The first-order chi connectivity index (χ1) is 11.5. The number of ether oxygens (including phenoxy) is 1. The van der Waals surface area contributed by atoms with E-state index in [4.69, 9.17) is 0 Å². The molecule has 1 aromatic carbocycles. The fourth-order valence-corrected chi connectivity index (χ4v) is 3.09. The van der Waals surface area contributed by atoms with E-state index in [0.29, 0.717) is 10.6 Å². The first kappa shape index (κ1) is 18.0. The van der Waals surface area contributed by atoms with Crippen LogP contribution in [0, 0.1) is 0 Å². The summed E-state index contributed by atoms with van der Waals surface area (Å²) in [4.78, 5) is 36.7. The molecule has 0 fully saturated rings. The molecule has 0 saturated carbocycles. The molecular weight excluding hydrogens is 348 g/mol. The van der Waals surface area contributed by atoms with Crippen LogP contribution in [0.2, 0.25) is 0 Å². The van der Waals surface area contributed by atoms with Gasteiger partial charge in [0.25, 0.3) is 11.8 Å². The number of amides is 3. The second-order valence-corrected chi connectivity index (χ2v) is 6.32. The average molecular weight is 364 g/mol. The second kappa shape index (κ2) is 8.51.